The molecule has 1 N–H and O–H groups in total. The number of rotatable bonds is 9. The van der Waals surface area contributed by atoms with Crippen LogP contribution in [0.1, 0.15) is 32.1 Å². The summed E-state index contributed by atoms with van der Waals surface area (Å²) in [5.74, 6) is 2.23. The molecule has 0 amide bonds. The van der Waals surface area contributed by atoms with Crippen molar-refractivity contribution in [2.75, 3.05) is 51.8 Å². The molecule has 7 nitrogen and oxygen atoms in total. The number of ether oxygens (including phenoxy) is 2. The van der Waals surface area contributed by atoms with Gasteiger partial charge >= 0.3 is 0 Å². The number of methoxy groups -OCH3 is 2. The number of hydrogen-bond acceptors (Lipinski definition) is 6. The molecule has 1 aliphatic heterocycles. The van der Waals surface area contributed by atoms with Crippen molar-refractivity contribution in [3.8, 4) is 11.5 Å². The fourth-order valence-electron chi connectivity index (χ4n) is 5.10. The van der Waals surface area contributed by atoms with Crippen molar-refractivity contribution in [1.29, 1.82) is 0 Å². The van der Waals surface area contributed by atoms with Gasteiger partial charge in [-0.25, -0.2) is 13.1 Å². The summed E-state index contributed by atoms with van der Waals surface area (Å²) in [7, 11) is -0.204. The second-order valence-electron chi connectivity index (χ2n) is 9.45. The first-order chi connectivity index (χ1) is 16.9. The molecule has 1 heterocycles. The molecule has 2 aliphatic rings. The first-order valence-electron chi connectivity index (χ1n) is 12.3. The van der Waals surface area contributed by atoms with Crippen LogP contribution in [0.2, 0.25) is 0 Å². The molecule has 2 fully saturated rings. The minimum Gasteiger partial charge on any atom is -0.497 e. The lowest BCUT2D eigenvalue weighted by atomic mass is 9.84. The Kier molecular flexibility index (Phi) is 8.97. The van der Waals surface area contributed by atoms with E-state index in [2.05, 4.69) is 42.6 Å². The molecule has 2 aromatic rings. The van der Waals surface area contributed by atoms with E-state index in [1.165, 1.54) is 6.42 Å². The van der Waals surface area contributed by atoms with Crippen molar-refractivity contribution in [2.24, 2.45) is 5.92 Å². The first-order valence-corrected chi connectivity index (χ1v) is 14.6. The smallest absolute Gasteiger partial charge is 0.240 e. The number of nitrogens with one attached hydrogen (secondary N) is 1. The molecule has 9 heteroatoms. The van der Waals surface area contributed by atoms with E-state index >= 15 is 0 Å². The van der Waals surface area contributed by atoms with Crippen molar-refractivity contribution < 1.29 is 17.9 Å². The molecule has 192 valence electrons. The van der Waals surface area contributed by atoms with E-state index in [1.54, 1.807) is 38.5 Å². The molecule has 0 spiro atoms. The molecule has 35 heavy (non-hydrogen) atoms. The van der Waals surface area contributed by atoms with E-state index in [1.807, 2.05) is 6.07 Å². The molecule has 1 aliphatic carbocycles. The number of anilines is 1. The number of halogens is 1. The minimum absolute atomic E-state index is 0.0165. The van der Waals surface area contributed by atoms with Crippen LogP contribution in [0.15, 0.2) is 51.8 Å². The van der Waals surface area contributed by atoms with E-state index in [9.17, 15) is 8.42 Å². The van der Waals surface area contributed by atoms with Crippen LogP contribution in [-0.2, 0) is 10.0 Å². The SMILES string of the molecule is COc1ccc(S(=O)(=O)NC2CCC(CCN3CCN(c4ccc(Br)cc4OC)CC3)CC2)cc1. The summed E-state index contributed by atoms with van der Waals surface area (Å²) in [5.41, 5.74) is 1.16. The highest BCUT2D eigenvalue weighted by Gasteiger charge is 2.27. The maximum Gasteiger partial charge on any atom is 0.240 e. The Balaban J connectivity index is 1.18. The number of sulfonamides is 1. The van der Waals surface area contributed by atoms with Crippen LogP contribution in [0, 0.1) is 5.92 Å². The topological polar surface area (TPSA) is 71.1 Å². The lowest BCUT2D eigenvalue weighted by Crippen LogP contribution is -2.47. The Morgan fingerprint density at radius 3 is 2.26 bits per heavy atom. The molecule has 4 rings (SSSR count). The van der Waals surface area contributed by atoms with Gasteiger partial charge in [0.15, 0.2) is 0 Å². The molecular weight excluding hydrogens is 530 g/mol. The summed E-state index contributed by atoms with van der Waals surface area (Å²) >= 11 is 3.52. The lowest BCUT2D eigenvalue weighted by Gasteiger charge is -2.37. The number of nitrogens with zero attached hydrogens (tertiary/aromatic N) is 2. The summed E-state index contributed by atoms with van der Waals surface area (Å²) in [6.07, 6.45) is 5.13. The molecular formula is C26H36BrN3O4S. The highest BCUT2D eigenvalue weighted by Crippen LogP contribution is 2.32. The van der Waals surface area contributed by atoms with Gasteiger partial charge in [0, 0.05) is 36.7 Å². The van der Waals surface area contributed by atoms with Crippen LogP contribution in [-0.4, -0.2) is 66.3 Å². The van der Waals surface area contributed by atoms with E-state index in [0.29, 0.717) is 16.6 Å². The third kappa shape index (κ3) is 6.90. The Bertz CT molecular complexity index is 1060. The molecule has 0 aromatic heterocycles. The normalized spacial score (nSPS) is 21.6. The third-order valence-electron chi connectivity index (χ3n) is 7.25. The zero-order chi connectivity index (χ0) is 24.8. The fraction of sp³-hybridized carbons (Fsp3) is 0.538. The zero-order valence-electron chi connectivity index (χ0n) is 20.6. The van der Waals surface area contributed by atoms with Gasteiger partial charge in [0.25, 0.3) is 0 Å². The van der Waals surface area contributed by atoms with Gasteiger partial charge in [-0.1, -0.05) is 15.9 Å². The first kappa shape index (κ1) is 26.3. The maximum atomic E-state index is 12.7. The second-order valence-corrected chi connectivity index (χ2v) is 12.1. The third-order valence-corrected chi connectivity index (χ3v) is 9.28. The molecule has 1 saturated carbocycles. The summed E-state index contributed by atoms with van der Waals surface area (Å²) < 4.78 is 40.1. The van der Waals surface area contributed by atoms with E-state index in [-0.39, 0.29) is 6.04 Å². The van der Waals surface area contributed by atoms with E-state index in [4.69, 9.17) is 9.47 Å². The fourth-order valence-corrected chi connectivity index (χ4v) is 6.75. The van der Waals surface area contributed by atoms with Crippen LogP contribution in [0.25, 0.3) is 0 Å². The van der Waals surface area contributed by atoms with Gasteiger partial charge in [-0.05, 0) is 87.0 Å². The summed E-state index contributed by atoms with van der Waals surface area (Å²) in [6, 6.07) is 12.8. The van der Waals surface area contributed by atoms with E-state index in [0.717, 1.165) is 74.3 Å². The Morgan fingerprint density at radius 1 is 0.943 bits per heavy atom. The lowest BCUT2D eigenvalue weighted by molar-refractivity contribution is 0.214. The van der Waals surface area contributed by atoms with Crippen LogP contribution in [0.3, 0.4) is 0 Å². The standard InChI is InChI=1S/C26H36BrN3O4S/c1-33-23-8-10-24(11-9-23)35(31,32)28-22-6-3-20(4-7-22)13-14-29-15-17-30(18-16-29)25-12-5-21(27)19-26(25)34-2/h5,8-12,19-20,22,28H,3-4,6-7,13-18H2,1-2H3. The predicted molar refractivity (Wildman–Crippen MR) is 143 cm³/mol. The predicted octanol–water partition coefficient (Wildman–Crippen LogP) is 4.52. The maximum absolute atomic E-state index is 12.7. The van der Waals surface area contributed by atoms with Gasteiger partial charge in [-0.2, -0.15) is 0 Å². The second kappa shape index (κ2) is 12.0. The number of piperazine rings is 1. The summed E-state index contributed by atoms with van der Waals surface area (Å²) in [6.45, 7) is 5.21. The quantitative estimate of drug-likeness (QED) is 0.482. The van der Waals surface area contributed by atoms with Crippen LogP contribution in [0.5, 0.6) is 11.5 Å². The highest BCUT2D eigenvalue weighted by molar-refractivity contribution is 9.10. The zero-order valence-corrected chi connectivity index (χ0v) is 23.0. The van der Waals surface area contributed by atoms with Gasteiger partial charge in [0.2, 0.25) is 10.0 Å². The van der Waals surface area contributed by atoms with Crippen LogP contribution in [0.4, 0.5) is 5.69 Å². The molecule has 1 saturated heterocycles. The van der Waals surface area contributed by atoms with Gasteiger partial charge in [-0.15, -0.1) is 0 Å². The summed E-state index contributed by atoms with van der Waals surface area (Å²) in [5, 5.41) is 0. The summed E-state index contributed by atoms with van der Waals surface area (Å²) in [4.78, 5) is 5.25. The van der Waals surface area contributed by atoms with Gasteiger partial charge < -0.3 is 14.4 Å². The minimum atomic E-state index is -3.50. The number of hydrogen-bond donors (Lipinski definition) is 1. The van der Waals surface area contributed by atoms with Crippen LogP contribution < -0.4 is 19.1 Å². The average Bonchev–Trinajstić information content (AvgIpc) is 2.88. The Labute approximate surface area is 218 Å². The average molecular weight is 567 g/mol. The highest BCUT2D eigenvalue weighted by atomic mass is 79.9. The Hall–Kier alpha value is -1.81. The molecule has 0 unspecified atom stereocenters. The van der Waals surface area contributed by atoms with E-state index < -0.39 is 10.0 Å². The van der Waals surface area contributed by atoms with Gasteiger partial charge in [0.1, 0.15) is 11.5 Å². The van der Waals surface area contributed by atoms with Crippen molar-refractivity contribution in [2.45, 2.75) is 43.0 Å². The monoisotopic (exact) mass is 565 g/mol. The molecule has 0 atom stereocenters. The van der Waals surface area contributed by atoms with Crippen molar-refractivity contribution >= 4 is 31.6 Å². The molecule has 0 bridgehead atoms. The Morgan fingerprint density at radius 2 is 1.63 bits per heavy atom. The van der Waals surface area contributed by atoms with Crippen molar-refractivity contribution in [3.63, 3.8) is 0 Å². The largest absolute Gasteiger partial charge is 0.497 e. The molecule has 2 aromatic carbocycles. The van der Waals surface area contributed by atoms with Crippen molar-refractivity contribution in [1.82, 2.24) is 9.62 Å². The van der Waals surface area contributed by atoms with Crippen LogP contribution >= 0.6 is 15.9 Å². The van der Waals surface area contributed by atoms with Gasteiger partial charge in [0.05, 0.1) is 24.8 Å². The van der Waals surface area contributed by atoms with Gasteiger partial charge in [-0.3, -0.25) is 4.90 Å². The molecule has 0 radical (unpaired) electrons. The number of benzene rings is 2. The van der Waals surface area contributed by atoms with Crippen molar-refractivity contribution in [3.05, 3.63) is 46.9 Å².